The number of hydrogen-bond donors (Lipinski definition) is 0. The minimum atomic E-state index is 0.00712. The molecule has 0 aromatic carbocycles. The molecule has 0 unspecified atom stereocenters. The molecule has 2 heterocycles. The van der Waals surface area contributed by atoms with E-state index in [2.05, 4.69) is 30.7 Å². The zero-order valence-electron chi connectivity index (χ0n) is 11.5. The van der Waals surface area contributed by atoms with E-state index < -0.39 is 0 Å². The van der Waals surface area contributed by atoms with Crippen LogP contribution in [0.15, 0.2) is 6.07 Å². The van der Waals surface area contributed by atoms with Gasteiger partial charge in [-0.1, -0.05) is 45.2 Å². The Balaban J connectivity index is 2.29. The standard InChI is InChI=1S/C14H22ClN3/c1-14(2,3)11-10-12(15)17-13(16-11)18-8-6-4-5-7-9-18/h10H,4-9H2,1-3H3. The Labute approximate surface area is 115 Å². The van der Waals surface area contributed by atoms with Gasteiger partial charge in [-0.2, -0.15) is 0 Å². The molecule has 0 amide bonds. The lowest BCUT2D eigenvalue weighted by atomic mass is 9.92. The SMILES string of the molecule is CC(C)(C)c1cc(Cl)nc(N2CCCCCC2)n1. The molecule has 1 saturated heterocycles. The van der Waals surface area contributed by atoms with Crippen molar-refractivity contribution in [1.82, 2.24) is 9.97 Å². The fraction of sp³-hybridized carbons (Fsp3) is 0.714. The van der Waals surface area contributed by atoms with Crippen LogP contribution in [0.25, 0.3) is 0 Å². The van der Waals surface area contributed by atoms with Gasteiger partial charge in [-0.15, -0.1) is 0 Å². The molecule has 0 bridgehead atoms. The maximum Gasteiger partial charge on any atom is 0.227 e. The predicted octanol–water partition coefficient (Wildman–Crippen LogP) is 3.81. The van der Waals surface area contributed by atoms with Gasteiger partial charge in [0.05, 0.1) is 5.69 Å². The van der Waals surface area contributed by atoms with E-state index in [1.54, 1.807) is 0 Å². The summed E-state index contributed by atoms with van der Waals surface area (Å²) in [6, 6.07) is 1.88. The van der Waals surface area contributed by atoms with E-state index >= 15 is 0 Å². The zero-order chi connectivity index (χ0) is 13.2. The maximum absolute atomic E-state index is 6.14. The van der Waals surface area contributed by atoms with Gasteiger partial charge in [0.15, 0.2) is 0 Å². The van der Waals surface area contributed by atoms with Crippen molar-refractivity contribution in [2.24, 2.45) is 0 Å². The van der Waals surface area contributed by atoms with Gasteiger partial charge >= 0.3 is 0 Å². The Morgan fingerprint density at radius 3 is 2.22 bits per heavy atom. The van der Waals surface area contributed by atoms with Crippen molar-refractivity contribution in [3.63, 3.8) is 0 Å². The van der Waals surface area contributed by atoms with E-state index in [1.807, 2.05) is 6.07 Å². The third-order valence-corrected chi connectivity index (χ3v) is 3.53. The molecule has 18 heavy (non-hydrogen) atoms. The van der Waals surface area contributed by atoms with Crippen molar-refractivity contribution < 1.29 is 0 Å². The molecule has 0 radical (unpaired) electrons. The highest BCUT2D eigenvalue weighted by molar-refractivity contribution is 6.29. The van der Waals surface area contributed by atoms with Crippen LogP contribution >= 0.6 is 11.6 Å². The molecule has 1 aliphatic heterocycles. The van der Waals surface area contributed by atoms with E-state index in [-0.39, 0.29) is 5.41 Å². The van der Waals surface area contributed by atoms with Crippen LogP contribution in [0.1, 0.15) is 52.1 Å². The summed E-state index contributed by atoms with van der Waals surface area (Å²) in [6.07, 6.45) is 5.06. The number of rotatable bonds is 1. The predicted molar refractivity (Wildman–Crippen MR) is 76.4 cm³/mol. The van der Waals surface area contributed by atoms with E-state index in [9.17, 15) is 0 Å². The molecule has 1 fully saturated rings. The summed E-state index contributed by atoms with van der Waals surface area (Å²) in [4.78, 5) is 11.4. The first-order valence-corrected chi connectivity index (χ1v) is 7.14. The van der Waals surface area contributed by atoms with E-state index in [1.165, 1.54) is 25.7 Å². The first-order valence-electron chi connectivity index (χ1n) is 6.77. The van der Waals surface area contributed by atoms with Crippen LogP contribution in [-0.4, -0.2) is 23.1 Å². The first-order chi connectivity index (χ1) is 8.47. The fourth-order valence-corrected chi connectivity index (χ4v) is 2.38. The lowest BCUT2D eigenvalue weighted by molar-refractivity contribution is 0.565. The molecule has 4 heteroatoms. The van der Waals surface area contributed by atoms with Crippen molar-refractivity contribution in [3.8, 4) is 0 Å². The van der Waals surface area contributed by atoms with E-state index in [0.717, 1.165) is 24.7 Å². The molecule has 0 atom stereocenters. The lowest BCUT2D eigenvalue weighted by Crippen LogP contribution is -2.27. The average molecular weight is 268 g/mol. The highest BCUT2D eigenvalue weighted by Gasteiger charge is 2.20. The van der Waals surface area contributed by atoms with Gasteiger partial charge in [0.1, 0.15) is 5.15 Å². The van der Waals surface area contributed by atoms with Crippen molar-refractivity contribution in [2.45, 2.75) is 51.9 Å². The van der Waals surface area contributed by atoms with Gasteiger partial charge < -0.3 is 4.90 Å². The molecule has 100 valence electrons. The van der Waals surface area contributed by atoms with Crippen molar-refractivity contribution >= 4 is 17.5 Å². The molecule has 0 spiro atoms. The lowest BCUT2D eigenvalue weighted by Gasteiger charge is -2.24. The fourth-order valence-electron chi connectivity index (χ4n) is 2.20. The molecular formula is C14H22ClN3. The summed E-state index contributed by atoms with van der Waals surface area (Å²) in [7, 11) is 0. The van der Waals surface area contributed by atoms with Crippen LogP contribution in [-0.2, 0) is 5.41 Å². The van der Waals surface area contributed by atoms with Crippen LogP contribution < -0.4 is 4.90 Å². The summed E-state index contributed by atoms with van der Waals surface area (Å²) in [5.74, 6) is 0.800. The molecular weight excluding hydrogens is 246 g/mol. The average Bonchev–Trinajstić information content (AvgIpc) is 2.55. The van der Waals surface area contributed by atoms with Gasteiger partial charge in [-0.05, 0) is 18.9 Å². The maximum atomic E-state index is 6.14. The largest absolute Gasteiger partial charge is 0.341 e. The van der Waals surface area contributed by atoms with Gasteiger partial charge in [0.2, 0.25) is 5.95 Å². The Morgan fingerprint density at radius 2 is 1.67 bits per heavy atom. The summed E-state index contributed by atoms with van der Waals surface area (Å²) in [5.41, 5.74) is 1.02. The minimum Gasteiger partial charge on any atom is -0.341 e. The summed E-state index contributed by atoms with van der Waals surface area (Å²) in [5, 5.41) is 0.550. The Kier molecular flexibility index (Phi) is 4.10. The third kappa shape index (κ3) is 3.35. The zero-order valence-corrected chi connectivity index (χ0v) is 12.3. The van der Waals surface area contributed by atoms with Crippen molar-refractivity contribution in [3.05, 3.63) is 16.9 Å². The van der Waals surface area contributed by atoms with E-state index in [4.69, 9.17) is 16.6 Å². The van der Waals surface area contributed by atoms with Gasteiger partial charge in [0.25, 0.3) is 0 Å². The summed E-state index contributed by atoms with van der Waals surface area (Å²) < 4.78 is 0. The first kappa shape index (κ1) is 13.6. The smallest absolute Gasteiger partial charge is 0.227 e. The molecule has 1 aromatic rings. The van der Waals surface area contributed by atoms with Crippen LogP contribution in [0.5, 0.6) is 0 Å². The summed E-state index contributed by atoms with van der Waals surface area (Å²) in [6.45, 7) is 8.54. The Hall–Kier alpha value is -0.830. The summed E-state index contributed by atoms with van der Waals surface area (Å²) >= 11 is 6.14. The topological polar surface area (TPSA) is 29.0 Å². The third-order valence-electron chi connectivity index (χ3n) is 3.34. The van der Waals surface area contributed by atoms with Gasteiger partial charge in [0, 0.05) is 18.5 Å². The van der Waals surface area contributed by atoms with Crippen molar-refractivity contribution in [2.75, 3.05) is 18.0 Å². The second kappa shape index (κ2) is 5.43. The molecule has 2 rings (SSSR count). The van der Waals surface area contributed by atoms with Crippen LogP contribution in [0.2, 0.25) is 5.15 Å². The molecule has 0 saturated carbocycles. The Morgan fingerprint density at radius 1 is 1.06 bits per heavy atom. The van der Waals surface area contributed by atoms with Crippen LogP contribution in [0.3, 0.4) is 0 Å². The van der Waals surface area contributed by atoms with E-state index in [0.29, 0.717) is 5.15 Å². The second-order valence-electron chi connectivity index (χ2n) is 6.03. The molecule has 1 aliphatic rings. The highest BCUT2D eigenvalue weighted by Crippen LogP contribution is 2.25. The number of hydrogen-bond acceptors (Lipinski definition) is 3. The quantitative estimate of drug-likeness (QED) is 0.725. The number of aromatic nitrogens is 2. The molecule has 3 nitrogen and oxygen atoms in total. The highest BCUT2D eigenvalue weighted by atomic mass is 35.5. The Bertz CT molecular complexity index is 404. The number of anilines is 1. The van der Waals surface area contributed by atoms with Crippen LogP contribution in [0.4, 0.5) is 5.95 Å². The monoisotopic (exact) mass is 267 g/mol. The molecule has 0 aliphatic carbocycles. The van der Waals surface area contributed by atoms with Crippen LogP contribution in [0, 0.1) is 0 Å². The van der Waals surface area contributed by atoms with Crippen molar-refractivity contribution in [1.29, 1.82) is 0 Å². The number of halogens is 1. The van der Waals surface area contributed by atoms with Gasteiger partial charge in [-0.3, -0.25) is 0 Å². The molecule has 1 aromatic heterocycles. The number of nitrogens with zero attached hydrogens (tertiary/aromatic N) is 3. The minimum absolute atomic E-state index is 0.00712. The molecule has 0 N–H and O–H groups in total. The normalized spacial score (nSPS) is 17.7. The second-order valence-corrected chi connectivity index (χ2v) is 6.41. The van der Waals surface area contributed by atoms with Gasteiger partial charge in [-0.25, -0.2) is 9.97 Å².